The number of halogens is 4. The summed E-state index contributed by atoms with van der Waals surface area (Å²) in [6.07, 6.45) is 1.50. The first-order valence-corrected chi connectivity index (χ1v) is 17.2. The molecule has 3 radical (unpaired) electrons. The molecule has 0 spiro atoms. The van der Waals surface area contributed by atoms with Crippen molar-refractivity contribution in [2.45, 2.75) is 0 Å². The van der Waals surface area contributed by atoms with Crippen LogP contribution in [-0.2, 0) is 21.1 Å². The summed E-state index contributed by atoms with van der Waals surface area (Å²) < 4.78 is 39.0. The van der Waals surface area contributed by atoms with E-state index in [0.29, 0.717) is 0 Å². The SMILES string of the molecule is F[B-](F)(F)F.[CH2][CH][CH2].[Pt+2].c1ccc(P(c2ccccc2)c2ccccc2)cc1.c1ccc(P(c2ccccc2)c2ccccc2)cc1. The molecule has 0 aromatic heterocycles. The summed E-state index contributed by atoms with van der Waals surface area (Å²) in [4.78, 5) is 0. The predicted molar refractivity (Wildman–Crippen MR) is 195 cm³/mol. The van der Waals surface area contributed by atoms with Gasteiger partial charge in [0.1, 0.15) is 0 Å². The van der Waals surface area contributed by atoms with Crippen LogP contribution in [0.1, 0.15) is 0 Å². The van der Waals surface area contributed by atoms with Crippen LogP contribution in [0.25, 0.3) is 0 Å². The second kappa shape index (κ2) is 22.3. The Morgan fingerprint density at radius 2 is 0.447 bits per heavy atom. The Morgan fingerprint density at radius 1 is 0.340 bits per heavy atom. The predicted octanol–water partition coefficient (Wildman–Crippen LogP) is 9.05. The van der Waals surface area contributed by atoms with E-state index in [2.05, 4.69) is 196 Å². The number of hydrogen-bond donors (Lipinski definition) is 0. The molecule has 0 heterocycles. The van der Waals surface area contributed by atoms with Crippen molar-refractivity contribution in [3.8, 4) is 0 Å². The van der Waals surface area contributed by atoms with Crippen LogP contribution in [0.4, 0.5) is 17.3 Å². The Bertz CT molecular complexity index is 1300. The first-order valence-electron chi connectivity index (χ1n) is 14.5. The molecular weight excluding hydrogens is 812 g/mol. The first-order chi connectivity index (χ1) is 22.3. The van der Waals surface area contributed by atoms with Gasteiger partial charge < -0.3 is 17.3 Å². The van der Waals surface area contributed by atoms with Crippen LogP contribution in [0.3, 0.4) is 0 Å². The molecule has 6 rings (SSSR count). The molecule has 0 amide bonds. The maximum Gasteiger partial charge on any atom is 2.00 e. The molecule has 47 heavy (non-hydrogen) atoms. The van der Waals surface area contributed by atoms with Gasteiger partial charge in [-0.05, 0) is 67.9 Å². The van der Waals surface area contributed by atoms with Crippen LogP contribution in [0, 0.1) is 20.3 Å². The molecule has 8 heteroatoms. The van der Waals surface area contributed by atoms with Crippen LogP contribution >= 0.6 is 15.8 Å². The minimum Gasteiger partial charge on any atom is -0.418 e. The summed E-state index contributed by atoms with van der Waals surface area (Å²) in [5.41, 5.74) is 0. The molecule has 241 valence electrons. The molecule has 0 aliphatic heterocycles. The fourth-order valence-electron chi connectivity index (χ4n) is 4.36. The van der Waals surface area contributed by atoms with Crippen LogP contribution < -0.4 is 31.8 Å². The van der Waals surface area contributed by atoms with Gasteiger partial charge in [-0.15, -0.1) is 0 Å². The third-order valence-electron chi connectivity index (χ3n) is 6.09. The van der Waals surface area contributed by atoms with Crippen molar-refractivity contribution in [1.82, 2.24) is 0 Å². The maximum atomic E-state index is 9.75. The largest absolute Gasteiger partial charge is 2.00 e. The second-order valence-electron chi connectivity index (χ2n) is 9.47. The smallest absolute Gasteiger partial charge is 0.418 e. The molecule has 0 saturated carbocycles. The third-order valence-corrected chi connectivity index (χ3v) is 11.0. The van der Waals surface area contributed by atoms with E-state index in [1.165, 1.54) is 38.2 Å². The zero-order chi connectivity index (χ0) is 33.0. The molecule has 0 bridgehead atoms. The fraction of sp³-hybridized carbons (Fsp3) is 0. The van der Waals surface area contributed by atoms with Crippen molar-refractivity contribution in [2.24, 2.45) is 0 Å². The van der Waals surface area contributed by atoms with E-state index >= 15 is 0 Å². The van der Waals surface area contributed by atoms with Crippen molar-refractivity contribution in [3.63, 3.8) is 0 Å². The van der Waals surface area contributed by atoms with E-state index in [1.807, 2.05) is 0 Å². The number of hydrogen-bond acceptors (Lipinski definition) is 0. The topological polar surface area (TPSA) is 0 Å². The number of benzene rings is 6. The van der Waals surface area contributed by atoms with Gasteiger partial charge in [0, 0.05) is 0 Å². The molecule has 6 aromatic rings. The Hall–Kier alpha value is -3.35. The summed E-state index contributed by atoms with van der Waals surface area (Å²) in [7, 11) is -6.89. The van der Waals surface area contributed by atoms with E-state index in [4.69, 9.17) is 0 Å². The van der Waals surface area contributed by atoms with Crippen LogP contribution in [-0.4, -0.2) is 7.25 Å². The Kier molecular flexibility index (Phi) is 18.9. The van der Waals surface area contributed by atoms with Crippen LogP contribution in [0.5, 0.6) is 0 Å². The van der Waals surface area contributed by atoms with Crippen LogP contribution in [0.15, 0.2) is 182 Å². The monoisotopic (exact) mass is 847 g/mol. The standard InChI is InChI=1S/2C18H15P.C3H5.BF4.Pt/c2*1-4-10-16(11-5-1)19(17-12-6-2-7-13-17)18-14-8-3-9-15-18;1-3-2;2-1(3,4)5;/h2*1-15H;3H,1-2H2;;/q;;;-1;+2. The van der Waals surface area contributed by atoms with Gasteiger partial charge in [-0.2, -0.15) is 0 Å². The molecule has 0 fully saturated rings. The molecular formula is C39H35BF4P2Pt+. The molecule has 0 N–H and O–H groups in total. The molecule has 0 saturated heterocycles. The van der Waals surface area contributed by atoms with Gasteiger partial charge in [-0.1, -0.05) is 182 Å². The molecule has 0 atom stereocenters. The van der Waals surface area contributed by atoms with Gasteiger partial charge >= 0.3 is 28.3 Å². The normalized spacial score (nSPS) is 10.2. The van der Waals surface area contributed by atoms with Gasteiger partial charge in [0.25, 0.3) is 0 Å². The quantitative estimate of drug-likeness (QED) is 0.0893. The van der Waals surface area contributed by atoms with E-state index < -0.39 is 23.1 Å². The molecule has 6 aromatic carbocycles. The molecule has 0 unspecified atom stereocenters. The zero-order valence-electron chi connectivity index (χ0n) is 25.6. The fourth-order valence-corrected chi connectivity index (χ4v) is 8.97. The van der Waals surface area contributed by atoms with Gasteiger partial charge in [0.15, 0.2) is 0 Å². The molecule has 0 aliphatic rings. The zero-order valence-corrected chi connectivity index (χ0v) is 29.7. The van der Waals surface area contributed by atoms with Crippen molar-refractivity contribution in [2.75, 3.05) is 0 Å². The van der Waals surface area contributed by atoms with Gasteiger partial charge in [0.05, 0.1) is 0 Å². The summed E-state index contributed by atoms with van der Waals surface area (Å²) in [5.74, 6) is 0. The average Bonchev–Trinajstić information content (AvgIpc) is 3.08. The molecule has 0 nitrogen and oxygen atoms in total. The van der Waals surface area contributed by atoms with E-state index in [0.717, 1.165) is 0 Å². The van der Waals surface area contributed by atoms with Gasteiger partial charge in [0.2, 0.25) is 0 Å². The van der Waals surface area contributed by atoms with E-state index in [9.17, 15) is 17.3 Å². The summed E-state index contributed by atoms with van der Waals surface area (Å²) >= 11 is 0. The number of rotatable bonds is 6. The summed E-state index contributed by atoms with van der Waals surface area (Å²) in [6.45, 7) is 6.50. The van der Waals surface area contributed by atoms with Crippen molar-refractivity contribution in [3.05, 3.63) is 202 Å². The minimum atomic E-state index is -6.00. The Labute approximate surface area is 294 Å². The average molecular weight is 848 g/mol. The molecule has 0 aliphatic carbocycles. The maximum absolute atomic E-state index is 9.75. The summed E-state index contributed by atoms with van der Waals surface area (Å²) in [6, 6.07) is 64.7. The first kappa shape index (κ1) is 39.8. The Balaban J connectivity index is 0.000000263. The van der Waals surface area contributed by atoms with Crippen molar-refractivity contribution >= 4 is 54.9 Å². The van der Waals surface area contributed by atoms with Crippen LogP contribution in [0.2, 0.25) is 0 Å². The Morgan fingerprint density at radius 3 is 0.553 bits per heavy atom. The van der Waals surface area contributed by atoms with Crippen molar-refractivity contribution in [1.29, 1.82) is 0 Å². The van der Waals surface area contributed by atoms with Crippen molar-refractivity contribution < 1.29 is 38.3 Å². The third kappa shape index (κ3) is 15.0. The second-order valence-corrected chi connectivity index (χ2v) is 13.9. The van der Waals surface area contributed by atoms with Gasteiger partial charge in [-0.25, -0.2) is 0 Å². The summed E-state index contributed by atoms with van der Waals surface area (Å²) in [5, 5.41) is 8.39. The minimum absolute atomic E-state index is 0. The van der Waals surface area contributed by atoms with E-state index in [1.54, 1.807) is 0 Å². The van der Waals surface area contributed by atoms with E-state index in [-0.39, 0.29) is 21.1 Å². The van der Waals surface area contributed by atoms with Gasteiger partial charge in [-0.3, -0.25) is 0 Å².